The summed E-state index contributed by atoms with van der Waals surface area (Å²) in [6.45, 7) is 11.8. The van der Waals surface area contributed by atoms with Gasteiger partial charge >= 0.3 is 0 Å². The molecule has 142 valence electrons. The third-order valence-corrected chi connectivity index (χ3v) is 4.20. The number of fused-ring (bicyclic) bond motifs is 1. The fourth-order valence-corrected chi connectivity index (χ4v) is 2.75. The molecule has 6 heteroatoms. The molecule has 0 bridgehead atoms. The van der Waals surface area contributed by atoms with E-state index in [9.17, 15) is 0 Å². The van der Waals surface area contributed by atoms with Crippen molar-refractivity contribution >= 4 is 29.9 Å². The fourth-order valence-electron chi connectivity index (χ4n) is 2.75. The third-order valence-electron chi connectivity index (χ3n) is 4.20. The highest BCUT2D eigenvalue weighted by molar-refractivity contribution is 14.0. The molecule has 0 saturated heterocycles. The van der Waals surface area contributed by atoms with E-state index in [1.54, 1.807) is 7.11 Å². The van der Waals surface area contributed by atoms with E-state index in [0.29, 0.717) is 6.54 Å². The lowest BCUT2D eigenvalue weighted by molar-refractivity contribution is 0.0309. The summed E-state index contributed by atoms with van der Waals surface area (Å²) in [5.41, 5.74) is 0.679. The Labute approximate surface area is 169 Å². The zero-order chi connectivity index (χ0) is 17.8. The maximum Gasteiger partial charge on any atom is 0.191 e. The van der Waals surface area contributed by atoms with Crippen molar-refractivity contribution in [2.45, 2.75) is 58.3 Å². The van der Waals surface area contributed by atoms with E-state index < -0.39 is 0 Å². The van der Waals surface area contributed by atoms with Crippen LogP contribution in [-0.4, -0.2) is 37.4 Å². The second kappa shape index (κ2) is 9.07. The van der Waals surface area contributed by atoms with Crippen LogP contribution in [0.4, 0.5) is 0 Å². The molecule has 2 N–H and O–H groups in total. The molecule has 1 aromatic carbocycles. The molecule has 0 fully saturated rings. The molecule has 1 atom stereocenters. The summed E-state index contributed by atoms with van der Waals surface area (Å²) in [6, 6.07) is 8.37. The van der Waals surface area contributed by atoms with Crippen LogP contribution in [0.2, 0.25) is 0 Å². The minimum Gasteiger partial charge on any atom is -0.487 e. The number of nitrogens with zero attached hydrogens (tertiary/aromatic N) is 1. The van der Waals surface area contributed by atoms with Gasteiger partial charge in [0.05, 0.1) is 18.2 Å². The smallest absolute Gasteiger partial charge is 0.191 e. The molecular weight excluding hydrogens is 429 g/mol. The van der Waals surface area contributed by atoms with Crippen LogP contribution < -0.4 is 15.4 Å². The molecule has 0 amide bonds. The van der Waals surface area contributed by atoms with E-state index in [-0.39, 0.29) is 41.2 Å². The zero-order valence-electron chi connectivity index (χ0n) is 16.2. The van der Waals surface area contributed by atoms with Gasteiger partial charge in [-0.1, -0.05) is 18.2 Å². The van der Waals surface area contributed by atoms with Crippen molar-refractivity contribution in [2.24, 2.45) is 4.99 Å². The van der Waals surface area contributed by atoms with Crippen LogP contribution in [0.1, 0.15) is 52.6 Å². The van der Waals surface area contributed by atoms with E-state index in [2.05, 4.69) is 37.5 Å². The maximum absolute atomic E-state index is 6.10. The highest BCUT2D eigenvalue weighted by Gasteiger charge is 2.34. The van der Waals surface area contributed by atoms with E-state index in [1.807, 2.05) is 32.0 Å². The Morgan fingerprint density at radius 3 is 2.68 bits per heavy atom. The van der Waals surface area contributed by atoms with Crippen molar-refractivity contribution in [2.75, 3.05) is 20.2 Å². The summed E-state index contributed by atoms with van der Waals surface area (Å²) in [5.74, 6) is 1.75. The quantitative estimate of drug-likeness (QED) is 0.397. The van der Waals surface area contributed by atoms with Crippen LogP contribution in [0.3, 0.4) is 0 Å². The van der Waals surface area contributed by atoms with Gasteiger partial charge in [-0.05, 0) is 40.7 Å². The standard InChI is InChI=1S/C19H31N3O2.HI/c1-7-20-17(21-13-19(4,5)23-6)22-15-12-18(2,3)24-16-11-9-8-10-14(15)16;/h8-11,15H,7,12-13H2,1-6H3,(H2,20,21,22);1H. The minimum absolute atomic E-state index is 0. The minimum atomic E-state index is -0.283. The number of halogens is 1. The second-order valence-electron chi connectivity index (χ2n) is 7.46. The first-order valence-electron chi connectivity index (χ1n) is 8.64. The molecule has 0 spiro atoms. The Morgan fingerprint density at radius 1 is 1.36 bits per heavy atom. The number of rotatable bonds is 5. The Kier molecular flexibility index (Phi) is 7.99. The van der Waals surface area contributed by atoms with Crippen LogP contribution in [0, 0.1) is 0 Å². The lowest BCUT2D eigenvalue weighted by Gasteiger charge is -2.38. The van der Waals surface area contributed by atoms with Crippen LogP contribution >= 0.6 is 24.0 Å². The van der Waals surface area contributed by atoms with E-state index in [1.165, 1.54) is 5.56 Å². The molecule has 1 aromatic rings. The first-order valence-corrected chi connectivity index (χ1v) is 8.64. The number of guanidine groups is 1. The molecule has 1 heterocycles. The van der Waals surface area contributed by atoms with Crippen LogP contribution in [0.5, 0.6) is 5.75 Å². The van der Waals surface area contributed by atoms with Gasteiger partial charge in [0.2, 0.25) is 0 Å². The Morgan fingerprint density at radius 2 is 2.04 bits per heavy atom. The van der Waals surface area contributed by atoms with E-state index >= 15 is 0 Å². The van der Waals surface area contributed by atoms with Crippen molar-refractivity contribution < 1.29 is 9.47 Å². The molecule has 0 aromatic heterocycles. The van der Waals surface area contributed by atoms with Gasteiger partial charge < -0.3 is 20.1 Å². The Balaban J connectivity index is 0.00000312. The molecule has 0 saturated carbocycles. The Hall–Kier alpha value is -1.02. The van der Waals surface area contributed by atoms with Gasteiger partial charge in [-0.2, -0.15) is 0 Å². The second-order valence-corrected chi connectivity index (χ2v) is 7.46. The van der Waals surface area contributed by atoms with Crippen molar-refractivity contribution in [1.29, 1.82) is 0 Å². The number of ether oxygens (including phenoxy) is 2. The van der Waals surface area contributed by atoms with Crippen LogP contribution in [0.25, 0.3) is 0 Å². The molecule has 1 aliphatic rings. The van der Waals surface area contributed by atoms with Crippen molar-refractivity contribution in [3.8, 4) is 5.75 Å². The van der Waals surface area contributed by atoms with Gasteiger partial charge in [0.1, 0.15) is 11.4 Å². The summed E-state index contributed by atoms with van der Waals surface area (Å²) < 4.78 is 11.6. The van der Waals surface area contributed by atoms with Crippen LogP contribution in [0.15, 0.2) is 29.3 Å². The lowest BCUT2D eigenvalue weighted by Crippen LogP contribution is -2.46. The van der Waals surface area contributed by atoms with Crippen molar-refractivity contribution in [1.82, 2.24) is 10.6 Å². The average molecular weight is 461 g/mol. The van der Waals surface area contributed by atoms with Crippen molar-refractivity contribution in [3.63, 3.8) is 0 Å². The average Bonchev–Trinajstić information content (AvgIpc) is 2.52. The number of methoxy groups -OCH3 is 1. The van der Waals surface area contributed by atoms with Gasteiger partial charge in [-0.3, -0.25) is 4.99 Å². The maximum atomic E-state index is 6.10. The molecular formula is C19H32IN3O2. The summed E-state index contributed by atoms with van der Waals surface area (Å²) in [4.78, 5) is 4.70. The van der Waals surface area contributed by atoms with Gasteiger partial charge in [-0.15, -0.1) is 24.0 Å². The molecule has 0 aliphatic carbocycles. The van der Waals surface area contributed by atoms with Crippen LogP contribution in [-0.2, 0) is 4.74 Å². The van der Waals surface area contributed by atoms with E-state index in [0.717, 1.165) is 24.7 Å². The summed E-state index contributed by atoms with van der Waals surface area (Å²) in [7, 11) is 1.72. The van der Waals surface area contributed by atoms with Gasteiger partial charge in [0, 0.05) is 25.6 Å². The number of hydrogen-bond acceptors (Lipinski definition) is 3. The summed E-state index contributed by atoms with van der Waals surface area (Å²) >= 11 is 0. The number of benzene rings is 1. The van der Waals surface area contributed by atoms with Gasteiger partial charge in [-0.25, -0.2) is 0 Å². The third kappa shape index (κ3) is 6.33. The zero-order valence-corrected chi connectivity index (χ0v) is 18.5. The predicted molar refractivity (Wildman–Crippen MR) is 114 cm³/mol. The lowest BCUT2D eigenvalue weighted by atomic mass is 9.90. The topological polar surface area (TPSA) is 54.9 Å². The van der Waals surface area contributed by atoms with Gasteiger partial charge in [0.15, 0.2) is 5.96 Å². The molecule has 2 rings (SSSR count). The largest absolute Gasteiger partial charge is 0.487 e. The first kappa shape index (κ1) is 22.0. The predicted octanol–water partition coefficient (Wildman–Crippen LogP) is 3.89. The highest BCUT2D eigenvalue weighted by Crippen LogP contribution is 2.39. The summed E-state index contributed by atoms with van der Waals surface area (Å²) in [6.07, 6.45) is 0.877. The molecule has 1 unspecified atom stereocenters. The molecule has 0 radical (unpaired) electrons. The SMILES string of the molecule is CCNC(=NCC(C)(C)OC)NC1CC(C)(C)Oc2ccccc21.I. The normalized spacial score (nSPS) is 19.3. The fraction of sp³-hybridized carbons (Fsp3) is 0.632. The number of para-hydroxylation sites is 1. The molecule has 1 aliphatic heterocycles. The van der Waals surface area contributed by atoms with Crippen molar-refractivity contribution in [3.05, 3.63) is 29.8 Å². The van der Waals surface area contributed by atoms with Gasteiger partial charge in [0.25, 0.3) is 0 Å². The number of hydrogen-bond donors (Lipinski definition) is 2. The molecule has 5 nitrogen and oxygen atoms in total. The first-order chi connectivity index (χ1) is 11.3. The number of nitrogens with one attached hydrogen (secondary N) is 2. The Bertz CT molecular complexity index is 588. The highest BCUT2D eigenvalue weighted by atomic mass is 127. The number of aliphatic imine (C=N–C) groups is 1. The summed E-state index contributed by atoms with van der Waals surface area (Å²) in [5, 5.41) is 6.90. The monoisotopic (exact) mass is 461 g/mol. The molecule has 25 heavy (non-hydrogen) atoms. The van der Waals surface area contributed by atoms with E-state index in [4.69, 9.17) is 14.5 Å².